The lowest BCUT2D eigenvalue weighted by Crippen LogP contribution is -2.15. The lowest BCUT2D eigenvalue weighted by atomic mass is 10.4. The van der Waals surface area contributed by atoms with Gasteiger partial charge in [0.2, 0.25) is 5.95 Å². The molecule has 1 atom stereocenters. The summed E-state index contributed by atoms with van der Waals surface area (Å²) in [5.74, 6) is 0.880. The maximum atomic E-state index is 9.36. The molecule has 1 unspecified atom stereocenters. The van der Waals surface area contributed by atoms with Crippen molar-refractivity contribution in [1.29, 1.82) is 0 Å². The quantitative estimate of drug-likeness (QED) is 0.439. The van der Waals surface area contributed by atoms with Crippen LogP contribution in [-0.2, 0) is 0 Å². The molecule has 2 rings (SSSR count). The van der Waals surface area contributed by atoms with Crippen LogP contribution in [-0.4, -0.2) is 55.2 Å². The van der Waals surface area contributed by atoms with Gasteiger partial charge in [-0.2, -0.15) is 4.98 Å². The second-order valence-electron chi connectivity index (χ2n) is 3.63. The first-order chi connectivity index (χ1) is 8.74. The summed E-state index contributed by atoms with van der Waals surface area (Å²) in [5, 5.41) is 21.9. The number of nitrogens with zero attached hydrogens (tertiary/aromatic N) is 3. The molecule has 0 radical (unpaired) electrons. The molecule has 0 saturated heterocycles. The van der Waals surface area contributed by atoms with E-state index in [0.717, 1.165) is 12.1 Å². The molecule has 2 heterocycles. The van der Waals surface area contributed by atoms with Gasteiger partial charge < -0.3 is 20.5 Å². The van der Waals surface area contributed by atoms with Gasteiger partial charge in [0.05, 0.1) is 19.0 Å². The Balaban J connectivity index is 2.25. The van der Waals surface area contributed by atoms with E-state index in [2.05, 4.69) is 25.3 Å². The monoisotopic (exact) mass is 269 g/mol. The SMILES string of the molecule is CCNc1nc(SCC(O)CO)c2[nH]cnc2n1. The molecule has 0 amide bonds. The number of thioether (sulfide) groups is 1. The van der Waals surface area contributed by atoms with E-state index in [1.807, 2.05) is 6.92 Å². The Bertz CT molecular complexity index is 518. The minimum atomic E-state index is -0.759. The number of aromatic nitrogens is 4. The van der Waals surface area contributed by atoms with E-state index in [4.69, 9.17) is 5.11 Å². The summed E-state index contributed by atoms with van der Waals surface area (Å²) in [6, 6.07) is 0. The fourth-order valence-corrected chi connectivity index (χ4v) is 2.28. The Hall–Kier alpha value is -1.38. The van der Waals surface area contributed by atoms with Crippen LogP contribution in [0.25, 0.3) is 11.2 Å². The Morgan fingerprint density at radius 2 is 2.33 bits per heavy atom. The van der Waals surface area contributed by atoms with Crippen LogP contribution in [0.5, 0.6) is 0 Å². The average Bonchev–Trinajstić information content (AvgIpc) is 2.84. The molecule has 4 N–H and O–H groups in total. The number of hydrogen-bond donors (Lipinski definition) is 4. The molecule has 0 aliphatic carbocycles. The zero-order valence-corrected chi connectivity index (χ0v) is 10.7. The third-order valence-corrected chi connectivity index (χ3v) is 3.33. The number of fused-ring (bicyclic) bond motifs is 1. The molecular weight excluding hydrogens is 254 g/mol. The predicted octanol–water partition coefficient (Wildman–Crippen LogP) is 0.230. The van der Waals surface area contributed by atoms with E-state index in [9.17, 15) is 5.11 Å². The maximum Gasteiger partial charge on any atom is 0.225 e. The molecule has 0 bridgehead atoms. The maximum absolute atomic E-state index is 9.36. The van der Waals surface area contributed by atoms with Crippen LogP contribution < -0.4 is 5.32 Å². The Morgan fingerprint density at radius 1 is 1.50 bits per heavy atom. The first-order valence-electron chi connectivity index (χ1n) is 5.61. The highest BCUT2D eigenvalue weighted by atomic mass is 32.2. The minimum Gasteiger partial charge on any atom is -0.394 e. The highest BCUT2D eigenvalue weighted by Gasteiger charge is 2.12. The van der Waals surface area contributed by atoms with E-state index in [1.165, 1.54) is 11.8 Å². The fraction of sp³-hybridized carbons (Fsp3) is 0.500. The molecule has 2 aromatic rings. The van der Waals surface area contributed by atoms with Crippen LogP contribution in [0.4, 0.5) is 5.95 Å². The summed E-state index contributed by atoms with van der Waals surface area (Å²) in [6.07, 6.45) is 0.798. The van der Waals surface area contributed by atoms with Crippen molar-refractivity contribution in [3.05, 3.63) is 6.33 Å². The van der Waals surface area contributed by atoms with Gasteiger partial charge in [-0.1, -0.05) is 0 Å². The summed E-state index contributed by atoms with van der Waals surface area (Å²) in [7, 11) is 0. The van der Waals surface area contributed by atoms with Gasteiger partial charge in [0.1, 0.15) is 10.5 Å². The molecule has 2 aromatic heterocycles. The van der Waals surface area contributed by atoms with Crippen molar-refractivity contribution in [1.82, 2.24) is 19.9 Å². The summed E-state index contributed by atoms with van der Waals surface area (Å²) in [5.41, 5.74) is 1.33. The Labute approximate surface area is 108 Å². The van der Waals surface area contributed by atoms with Crippen molar-refractivity contribution < 1.29 is 10.2 Å². The number of imidazole rings is 1. The first kappa shape index (κ1) is 13.1. The number of anilines is 1. The number of hydrogen-bond acceptors (Lipinski definition) is 7. The molecule has 7 nitrogen and oxygen atoms in total. The second-order valence-corrected chi connectivity index (χ2v) is 4.64. The van der Waals surface area contributed by atoms with Gasteiger partial charge in [0.15, 0.2) is 5.65 Å². The van der Waals surface area contributed by atoms with Crippen molar-refractivity contribution in [2.45, 2.75) is 18.1 Å². The number of nitrogens with one attached hydrogen (secondary N) is 2. The molecule has 0 aromatic carbocycles. The number of aromatic amines is 1. The normalized spacial score (nSPS) is 12.8. The highest BCUT2D eigenvalue weighted by molar-refractivity contribution is 7.99. The molecule has 8 heteroatoms. The third-order valence-electron chi connectivity index (χ3n) is 2.21. The molecule has 0 aliphatic heterocycles. The van der Waals surface area contributed by atoms with Crippen LogP contribution in [0, 0.1) is 0 Å². The van der Waals surface area contributed by atoms with Crippen molar-refractivity contribution in [3.63, 3.8) is 0 Å². The van der Waals surface area contributed by atoms with Crippen LogP contribution in [0.1, 0.15) is 6.92 Å². The zero-order valence-electron chi connectivity index (χ0n) is 9.92. The smallest absolute Gasteiger partial charge is 0.225 e. The summed E-state index contributed by atoms with van der Waals surface area (Å²) >= 11 is 1.35. The lowest BCUT2D eigenvalue weighted by molar-refractivity contribution is 0.113. The first-order valence-corrected chi connectivity index (χ1v) is 6.59. The molecule has 0 saturated carbocycles. The van der Waals surface area contributed by atoms with E-state index < -0.39 is 6.10 Å². The summed E-state index contributed by atoms with van der Waals surface area (Å²) < 4.78 is 0. The Kier molecular flexibility index (Phi) is 4.34. The number of aliphatic hydroxyl groups is 2. The molecule has 18 heavy (non-hydrogen) atoms. The molecule has 0 spiro atoms. The summed E-state index contributed by atoms with van der Waals surface area (Å²) in [4.78, 5) is 15.7. The van der Waals surface area contributed by atoms with Gasteiger partial charge in [-0.3, -0.25) is 0 Å². The molecular formula is C10H15N5O2S. The van der Waals surface area contributed by atoms with Crippen molar-refractivity contribution in [2.75, 3.05) is 24.2 Å². The standard InChI is InChI=1S/C10H15N5O2S/c1-2-11-10-14-8-7(12-5-13-8)9(15-10)18-4-6(17)3-16/h5-6,16-17H,2-4H2,1H3,(H2,11,12,13,14,15). The average molecular weight is 269 g/mol. The third kappa shape index (κ3) is 2.89. The number of aliphatic hydroxyl groups excluding tert-OH is 2. The molecule has 0 aliphatic rings. The molecule has 98 valence electrons. The summed E-state index contributed by atoms with van der Waals surface area (Å²) in [6.45, 7) is 2.42. The van der Waals surface area contributed by atoms with Crippen LogP contribution in [0.3, 0.4) is 0 Å². The fourth-order valence-electron chi connectivity index (χ4n) is 1.38. The predicted molar refractivity (Wildman–Crippen MR) is 69.7 cm³/mol. The van der Waals surface area contributed by atoms with E-state index in [1.54, 1.807) is 6.33 Å². The van der Waals surface area contributed by atoms with Gasteiger partial charge in [0.25, 0.3) is 0 Å². The van der Waals surface area contributed by atoms with Gasteiger partial charge in [-0.25, -0.2) is 9.97 Å². The van der Waals surface area contributed by atoms with Crippen LogP contribution in [0.2, 0.25) is 0 Å². The van der Waals surface area contributed by atoms with E-state index >= 15 is 0 Å². The van der Waals surface area contributed by atoms with Crippen molar-refractivity contribution >= 4 is 28.9 Å². The number of H-pyrrole nitrogens is 1. The molecule has 0 fully saturated rings. The van der Waals surface area contributed by atoms with E-state index in [0.29, 0.717) is 22.4 Å². The topological polar surface area (TPSA) is 107 Å². The van der Waals surface area contributed by atoms with Crippen molar-refractivity contribution in [2.24, 2.45) is 0 Å². The second kappa shape index (κ2) is 5.98. The largest absolute Gasteiger partial charge is 0.394 e. The van der Waals surface area contributed by atoms with Gasteiger partial charge in [-0.05, 0) is 6.92 Å². The number of rotatable bonds is 6. The van der Waals surface area contributed by atoms with Crippen LogP contribution in [0.15, 0.2) is 11.4 Å². The van der Waals surface area contributed by atoms with Gasteiger partial charge in [0, 0.05) is 12.3 Å². The zero-order chi connectivity index (χ0) is 13.0. The van der Waals surface area contributed by atoms with Gasteiger partial charge >= 0.3 is 0 Å². The lowest BCUT2D eigenvalue weighted by Gasteiger charge is -2.08. The van der Waals surface area contributed by atoms with E-state index in [-0.39, 0.29) is 6.61 Å². The minimum absolute atomic E-state index is 0.260. The van der Waals surface area contributed by atoms with Gasteiger partial charge in [-0.15, -0.1) is 11.8 Å². The van der Waals surface area contributed by atoms with Crippen molar-refractivity contribution in [3.8, 4) is 0 Å². The highest BCUT2D eigenvalue weighted by Crippen LogP contribution is 2.24. The van der Waals surface area contributed by atoms with Crippen LogP contribution >= 0.6 is 11.8 Å². The Morgan fingerprint density at radius 3 is 3.06 bits per heavy atom.